The van der Waals surface area contributed by atoms with Crippen LogP contribution in [0.25, 0.3) is 10.8 Å². The first-order chi connectivity index (χ1) is 15.6. The van der Waals surface area contributed by atoms with Crippen LogP contribution in [0.5, 0.6) is 5.75 Å². The quantitative estimate of drug-likeness (QED) is 0.392. The molecule has 1 heterocycles. The molecule has 0 aliphatic carbocycles. The van der Waals surface area contributed by atoms with Crippen LogP contribution >= 0.6 is 0 Å². The molecule has 4 nitrogen and oxygen atoms in total. The first-order valence-electron chi connectivity index (χ1n) is 11.0. The Morgan fingerprint density at radius 1 is 0.875 bits per heavy atom. The molecule has 4 aromatic carbocycles. The number of benzene rings is 4. The summed E-state index contributed by atoms with van der Waals surface area (Å²) in [5.41, 5.74) is 3.38. The number of ether oxygens (including phenoxy) is 1. The molecule has 0 radical (unpaired) electrons. The lowest BCUT2D eigenvalue weighted by Crippen LogP contribution is -2.43. The van der Waals surface area contributed by atoms with Gasteiger partial charge in [-0.15, -0.1) is 0 Å². The van der Waals surface area contributed by atoms with E-state index in [-0.39, 0.29) is 12.1 Å². The highest BCUT2D eigenvalue weighted by Crippen LogP contribution is 2.38. The summed E-state index contributed by atoms with van der Waals surface area (Å²) < 4.78 is 5.85. The molecule has 1 amide bonds. The molecule has 0 saturated heterocycles. The average Bonchev–Trinajstić information content (AvgIpc) is 2.83. The first kappa shape index (κ1) is 20.1. The summed E-state index contributed by atoms with van der Waals surface area (Å²) in [6.45, 7) is 4.94. The fraction of sp³-hybridized carbons (Fsp3) is 0.179. The van der Waals surface area contributed by atoms with Gasteiger partial charge in [0.1, 0.15) is 11.9 Å². The largest absolute Gasteiger partial charge is 0.493 e. The van der Waals surface area contributed by atoms with Crippen molar-refractivity contribution < 1.29 is 9.53 Å². The van der Waals surface area contributed by atoms with E-state index in [1.165, 1.54) is 0 Å². The predicted octanol–water partition coefficient (Wildman–Crippen LogP) is 6.65. The van der Waals surface area contributed by atoms with E-state index in [4.69, 9.17) is 4.74 Å². The summed E-state index contributed by atoms with van der Waals surface area (Å²) in [5.74, 6) is 1.29. The van der Waals surface area contributed by atoms with Crippen molar-refractivity contribution in [2.45, 2.75) is 20.0 Å². The standard InChI is InChI=1S/C28H26N2O2/c1-19(2)18-32-24-15-12-21(13-16-24)27-29-26-10-6-5-9-25(26)28(31)30(27)23-14-11-20-7-3-4-8-22(20)17-23/h3-17,19,27,29H,18H2,1-2H3/t27-/m1/s1. The minimum atomic E-state index is -0.322. The molecule has 160 valence electrons. The number of hydrogen-bond donors (Lipinski definition) is 1. The first-order valence-corrected chi connectivity index (χ1v) is 11.0. The Bertz CT molecular complexity index is 1260. The van der Waals surface area contributed by atoms with Gasteiger partial charge in [0.25, 0.3) is 5.91 Å². The molecule has 0 unspecified atom stereocenters. The van der Waals surface area contributed by atoms with Crippen LogP contribution in [0.15, 0.2) is 91.0 Å². The van der Waals surface area contributed by atoms with Crippen LogP contribution in [0.2, 0.25) is 0 Å². The van der Waals surface area contributed by atoms with Crippen molar-refractivity contribution in [1.82, 2.24) is 0 Å². The molecule has 1 N–H and O–H groups in total. The number of nitrogens with one attached hydrogen (secondary N) is 1. The number of carbonyl (C=O) groups excluding carboxylic acids is 1. The van der Waals surface area contributed by atoms with Gasteiger partial charge in [-0.1, -0.05) is 68.4 Å². The molecule has 1 aliphatic heterocycles. The third-order valence-electron chi connectivity index (χ3n) is 5.72. The highest BCUT2D eigenvalue weighted by Gasteiger charge is 2.34. The Morgan fingerprint density at radius 3 is 2.38 bits per heavy atom. The molecule has 0 fully saturated rings. The van der Waals surface area contributed by atoms with Crippen molar-refractivity contribution in [2.75, 3.05) is 16.8 Å². The molecule has 4 heteroatoms. The number of nitrogens with zero attached hydrogens (tertiary/aromatic N) is 1. The maximum Gasteiger partial charge on any atom is 0.262 e. The monoisotopic (exact) mass is 422 g/mol. The smallest absolute Gasteiger partial charge is 0.262 e. The second-order valence-electron chi connectivity index (χ2n) is 8.57. The SMILES string of the molecule is CC(C)COc1ccc([C@@H]2Nc3ccccc3C(=O)N2c2ccc3ccccc3c2)cc1. The fourth-order valence-electron chi connectivity index (χ4n) is 4.09. The van der Waals surface area contributed by atoms with E-state index in [0.717, 1.165) is 33.5 Å². The topological polar surface area (TPSA) is 41.6 Å². The van der Waals surface area contributed by atoms with Crippen LogP contribution in [0.3, 0.4) is 0 Å². The number of para-hydroxylation sites is 1. The van der Waals surface area contributed by atoms with E-state index in [2.05, 4.69) is 43.4 Å². The number of amides is 1. The second-order valence-corrected chi connectivity index (χ2v) is 8.57. The maximum atomic E-state index is 13.6. The molecule has 5 rings (SSSR count). The number of hydrogen-bond acceptors (Lipinski definition) is 3. The summed E-state index contributed by atoms with van der Waals surface area (Å²) in [7, 11) is 0. The Balaban J connectivity index is 1.56. The van der Waals surface area contributed by atoms with Gasteiger partial charge in [-0.2, -0.15) is 0 Å². The molecule has 4 aromatic rings. The van der Waals surface area contributed by atoms with Crippen molar-refractivity contribution in [3.05, 3.63) is 102 Å². The second kappa shape index (κ2) is 8.39. The van der Waals surface area contributed by atoms with Crippen molar-refractivity contribution in [1.29, 1.82) is 0 Å². The maximum absolute atomic E-state index is 13.6. The van der Waals surface area contributed by atoms with E-state index >= 15 is 0 Å². The molecule has 1 atom stereocenters. The average molecular weight is 423 g/mol. The van der Waals surface area contributed by atoms with E-state index in [1.54, 1.807) is 0 Å². The van der Waals surface area contributed by atoms with Gasteiger partial charge >= 0.3 is 0 Å². The van der Waals surface area contributed by atoms with Gasteiger partial charge in [-0.05, 0) is 58.7 Å². The molecule has 0 saturated carbocycles. The minimum Gasteiger partial charge on any atom is -0.493 e. The number of fused-ring (bicyclic) bond motifs is 2. The Hall–Kier alpha value is -3.79. The Morgan fingerprint density at radius 2 is 1.59 bits per heavy atom. The van der Waals surface area contributed by atoms with Crippen molar-refractivity contribution >= 4 is 28.1 Å². The van der Waals surface area contributed by atoms with Gasteiger partial charge < -0.3 is 10.1 Å². The number of rotatable bonds is 5. The van der Waals surface area contributed by atoms with Crippen LogP contribution in [-0.4, -0.2) is 12.5 Å². The van der Waals surface area contributed by atoms with Gasteiger partial charge in [-0.25, -0.2) is 0 Å². The normalized spacial score (nSPS) is 15.5. The van der Waals surface area contributed by atoms with Gasteiger partial charge in [0, 0.05) is 11.4 Å². The highest BCUT2D eigenvalue weighted by molar-refractivity contribution is 6.12. The van der Waals surface area contributed by atoms with Crippen LogP contribution in [0.4, 0.5) is 11.4 Å². The van der Waals surface area contributed by atoms with Crippen molar-refractivity contribution in [3.8, 4) is 5.75 Å². The minimum absolute atomic E-state index is 0.0141. The van der Waals surface area contributed by atoms with Gasteiger partial charge in [0.15, 0.2) is 0 Å². The fourth-order valence-corrected chi connectivity index (χ4v) is 4.09. The van der Waals surface area contributed by atoms with Crippen LogP contribution in [0.1, 0.15) is 35.9 Å². The molecular formula is C28H26N2O2. The van der Waals surface area contributed by atoms with E-state index in [0.29, 0.717) is 18.1 Å². The summed E-state index contributed by atoms with van der Waals surface area (Å²) in [4.78, 5) is 15.5. The van der Waals surface area contributed by atoms with Gasteiger partial charge in [-0.3, -0.25) is 9.69 Å². The summed E-state index contributed by atoms with van der Waals surface area (Å²) in [6.07, 6.45) is -0.322. The molecular weight excluding hydrogens is 396 g/mol. The van der Waals surface area contributed by atoms with Crippen LogP contribution in [0, 0.1) is 5.92 Å². The molecule has 0 bridgehead atoms. The van der Waals surface area contributed by atoms with Crippen molar-refractivity contribution in [2.24, 2.45) is 5.92 Å². The lowest BCUT2D eigenvalue weighted by molar-refractivity contribution is 0.0975. The van der Waals surface area contributed by atoms with Gasteiger partial charge in [0.05, 0.1) is 12.2 Å². The third kappa shape index (κ3) is 3.80. The summed E-state index contributed by atoms with van der Waals surface area (Å²) in [6, 6.07) is 30.1. The Labute approximate surface area is 188 Å². The van der Waals surface area contributed by atoms with Crippen LogP contribution < -0.4 is 15.0 Å². The summed E-state index contributed by atoms with van der Waals surface area (Å²) in [5, 5.41) is 5.83. The van der Waals surface area contributed by atoms with Gasteiger partial charge in [0.2, 0.25) is 0 Å². The zero-order valence-electron chi connectivity index (χ0n) is 18.3. The highest BCUT2D eigenvalue weighted by atomic mass is 16.5. The number of carbonyl (C=O) groups is 1. The molecule has 0 aromatic heterocycles. The zero-order chi connectivity index (χ0) is 22.1. The molecule has 1 aliphatic rings. The van der Waals surface area contributed by atoms with E-state index in [9.17, 15) is 4.79 Å². The van der Waals surface area contributed by atoms with Crippen LogP contribution in [-0.2, 0) is 0 Å². The predicted molar refractivity (Wildman–Crippen MR) is 130 cm³/mol. The van der Waals surface area contributed by atoms with E-state index in [1.807, 2.05) is 71.6 Å². The number of anilines is 2. The zero-order valence-corrected chi connectivity index (χ0v) is 18.3. The molecule has 32 heavy (non-hydrogen) atoms. The third-order valence-corrected chi connectivity index (χ3v) is 5.72. The molecule has 0 spiro atoms. The summed E-state index contributed by atoms with van der Waals surface area (Å²) >= 11 is 0. The lowest BCUT2D eigenvalue weighted by Gasteiger charge is -2.38. The lowest BCUT2D eigenvalue weighted by atomic mass is 10.0. The van der Waals surface area contributed by atoms with E-state index < -0.39 is 0 Å². The Kier molecular flexibility index (Phi) is 5.28. The van der Waals surface area contributed by atoms with Crippen molar-refractivity contribution in [3.63, 3.8) is 0 Å².